The molecule has 0 saturated heterocycles. The van der Waals surface area contributed by atoms with Gasteiger partial charge in [-0.05, 0) is 48.0 Å². The first-order chi connectivity index (χ1) is 20.2. The molecular weight excluding hydrogens is 416 g/mol. The van der Waals surface area contributed by atoms with E-state index in [-0.39, 0.29) is 11.1 Å². The van der Waals surface area contributed by atoms with E-state index in [4.69, 9.17) is 23.1 Å². The van der Waals surface area contributed by atoms with Crippen LogP contribution in [-0.4, -0.2) is 4.98 Å². The minimum Gasteiger partial charge on any atom is -0.437 e. The maximum Gasteiger partial charge on any atom is 0.227 e. The molecule has 6 rings (SSSR count). The molecule has 1 aliphatic rings. The Labute approximate surface area is 215 Å². The van der Waals surface area contributed by atoms with Gasteiger partial charge in [-0.25, -0.2) is 9.55 Å². The lowest BCUT2D eigenvalue weighted by atomic mass is 9.82. The van der Waals surface area contributed by atoms with Gasteiger partial charge in [0.15, 0.2) is 11.8 Å². The van der Waals surface area contributed by atoms with Gasteiger partial charge in [0, 0.05) is 47.1 Å². The second-order valence-electron chi connectivity index (χ2n) is 9.37. The van der Waals surface area contributed by atoms with Gasteiger partial charge in [0.2, 0.25) is 11.4 Å². The zero-order chi connectivity index (χ0) is 32.4. The molecule has 3 heteroatoms. The fraction of sp³-hybridized carbons (Fsp3) is 0.290. The highest BCUT2D eigenvalue weighted by atomic mass is 16.3. The van der Waals surface area contributed by atoms with Crippen molar-refractivity contribution in [2.75, 3.05) is 0 Å². The van der Waals surface area contributed by atoms with Crippen LogP contribution in [-0.2, 0) is 12.5 Å². The van der Waals surface area contributed by atoms with Crippen molar-refractivity contribution in [2.45, 2.75) is 52.6 Å². The fourth-order valence-corrected chi connectivity index (χ4v) is 5.23. The Morgan fingerprint density at radius 3 is 2.74 bits per heavy atom. The summed E-state index contributed by atoms with van der Waals surface area (Å²) in [6.07, 6.45) is 1.41. The molecule has 3 heterocycles. The fourth-order valence-electron chi connectivity index (χ4n) is 5.23. The summed E-state index contributed by atoms with van der Waals surface area (Å²) in [5, 5.41) is 1.30. The molecule has 1 aliphatic carbocycles. The van der Waals surface area contributed by atoms with Crippen molar-refractivity contribution in [3.63, 3.8) is 0 Å². The van der Waals surface area contributed by atoms with E-state index in [1.807, 2.05) is 49.4 Å². The summed E-state index contributed by atoms with van der Waals surface area (Å²) >= 11 is 0. The van der Waals surface area contributed by atoms with Gasteiger partial charge >= 0.3 is 0 Å². The highest BCUT2D eigenvalue weighted by Crippen LogP contribution is 2.49. The molecular formula is C31H31N2O+. The van der Waals surface area contributed by atoms with Gasteiger partial charge in [0.1, 0.15) is 7.05 Å². The van der Waals surface area contributed by atoms with Crippen LogP contribution in [0.3, 0.4) is 0 Å². The van der Waals surface area contributed by atoms with E-state index in [1.165, 1.54) is 19.2 Å². The number of furan rings is 1. The van der Waals surface area contributed by atoms with Crippen molar-refractivity contribution in [3.8, 4) is 22.5 Å². The Morgan fingerprint density at radius 1 is 1.09 bits per heavy atom. The van der Waals surface area contributed by atoms with Crippen LogP contribution in [0.15, 0.2) is 59.1 Å². The number of nitrogens with zero attached hydrogens (tertiary/aromatic N) is 2. The van der Waals surface area contributed by atoms with Crippen molar-refractivity contribution in [1.82, 2.24) is 4.98 Å². The zero-order valence-electron chi connectivity index (χ0n) is 29.5. The summed E-state index contributed by atoms with van der Waals surface area (Å²) in [7, 11) is 1.67. The summed E-state index contributed by atoms with van der Waals surface area (Å²) in [4.78, 5) is 4.86. The van der Waals surface area contributed by atoms with Crippen LogP contribution in [0.25, 0.3) is 44.6 Å². The van der Waals surface area contributed by atoms with E-state index >= 15 is 0 Å². The quantitative estimate of drug-likeness (QED) is 0.257. The largest absolute Gasteiger partial charge is 0.437 e. The number of rotatable bonds is 2. The molecule has 0 radical (unpaired) electrons. The summed E-state index contributed by atoms with van der Waals surface area (Å²) in [5.74, 6) is -2.18. The molecule has 0 saturated carbocycles. The Balaban J connectivity index is 1.66. The van der Waals surface area contributed by atoms with Gasteiger partial charge in [-0.1, -0.05) is 63.9 Å². The first-order valence-electron chi connectivity index (χ1n) is 16.2. The minimum atomic E-state index is -2.77. The highest BCUT2D eigenvalue weighted by molar-refractivity contribution is 6.10. The lowest BCUT2D eigenvalue weighted by molar-refractivity contribution is -0.660. The molecule has 3 aromatic heterocycles. The number of pyridine rings is 2. The van der Waals surface area contributed by atoms with E-state index in [1.54, 1.807) is 18.5 Å². The Morgan fingerprint density at radius 2 is 1.94 bits per heavy atom. The second-order valence-corrected chi connectivity index (χ2v) is 9.37. The Hall–Kier alpha value is -3.46. The number of aryl methyl sites for hydroxylation is 3. The van der Waals surface area contributed by atoms with Crippen LogP contribution in [0.1, 0.15) is 75.0 Å². The molecule has 0 amide bonds. The Bertz CT molecular complexity index is 2000. The summed E-state index contributed by atoms with van der Waals surface area (Å²) < 4.78 is 90.6. The molecule has 3 nitrogen and oxygen atoms in total. The maximum atomic E-state index is 8.66. The van der Waals surface area contributed by atoms with E-state index in [0.29, 0.717) is 50.1 Å². The number of hydrogen-bond acceptors (Lipinski definition) is 2. The molecule has 0 aliphatic heterocycles. The predicted octanol–water partition coefficient (Wildman–Crippen LogP) is 7.52. The van der Waals surface area contributed by atoms with E-state index in [2.05, 4.69) is 0 Å². The zero-order valence-corrected chi connectivity index (χ0v) is 19.5. The topological polar surface area (TPSA) is 29.9 Å². The third kappa shape index (κ3) is 2.76. The van der Waals surface area contributed by atoms with Crippen LogP contribution in [0.2, 0.25) is 0 Å². The smallest absolute Gasteiger partial charge is 0.227 e. The number of hydrogen-bond donors (Lipinski definition) is 0. The number of benzene rings is 2. The second kappa shape index (κ2) is 7.02. The number of aromatic nitrogens is 2. The third-order valence-corrected chi connectivity index (χ3v) is 7.04. The molecule has 2 atom stereocenters. The predicted molar refractivity (Wildman–Crippen MR) is 139 cm³/mol. The van der Waals surface area contributed by atoms with Gasteiger partial charge in [-0.3, -0.25) is 0 Å². The molecule has 5 aromatic rings. The van der Waals surface area contributed by atoms with Gasteiger partial charge < -0.3 is 4.42 Å². The standard InChI is InChI=1S/C31H31N2O/c1-17(2)23-16-33(7)26(14-19(23)4)27-18(3)12-13-20-22-15-25-28(32-30(22)34-29(20)27)21-10-8-9-11-24(21)31(25,5)6/h8-17H,1-7H3/q+1/i1D3,4D3,5D3,17D. The normalized spacial score (nSPS) is 24.2. The van der Waals surface area contributed by atoms with Crippen LogP contribution in [0, 0.1) is 13.8 Å². The molecule has 2 unspecified atom stereocenters. The van der Waals surface area contributed by atoms with E-state index in [0.717, 1.165) is 11.1 Å². The van der Waals surface area contributed by atoms with E-state index < -0.39 is 31.9 Å². The third-order valence-electron chi connectivity index (χ3n) is 7.04. The van der Waals surface area contributed by atoms with Gasteiger partial charge in [0.05, 0.1) is 11.3 Å². The summed E-state index contributed by atoms with van der Waals surface area (Å²) in [6.45, 7) is -3.05. The van der Waals surface area contributed by atoms with Crippen LogP contribution in [0.4, 0.5) is 0 Å². The molecule has 0 fully saturated rings. The van der Waals surface area contributed by atoms with E-state index in [9.17, 15) is 0 Å². The van der Waals surface area contributed by atoms with Gasteiger partial charge in [-0.2, -0.15) is 0 Å². The monoisotopic (exact) mass is 457 g/mol. The molecule has 34 heavy (non-hydrogen) atoms. The van der Waals surface area contributed by atoms with Crippen LogP contribution in [0.5, 0.6) is 0 Å². The molecule has 0 bridgehead atoms. The first-order valence-corrected chi connectivity index (χ1v) is 11.2. The van der Waals surface area contributed by atoms with Crippen LogP contribution >= 0.6 is 0 Å². The first kappa shape index (κ1) is 12.9. The van der Waals surface area contributed by atoms with Crippen LogP contribution < -0.4 is 4.57 Å². The lowest BCUT2D eigenvalue weighted by Crippen LogP contribution is -2.32. The molecule has 0 N–H and O–H groups in total. The van der Waals surface area contributed by atoms with Crippen molar-refractivity contribution in [2.24, 2.45) is 7.05 Å². The summed E-state index contributed by atoms with van der Waals surface area (Å²) in [5.41, 5.74) is 3.46. The maximum absolute atomic E-state index is 8.66. The van der Waals surface area contributed by atoms with Crippen molar-refractivity contribution in [3.05, 3.63) is 82.5 Å². The van der Waals surface area contributed by atoms with Crippen molar-refractivity contribution >= 4 is 22.1 Å². The van der Waals surface area contributed by atoms with Crippen molar-refractivity contribution < 1.29 is 22.7 Å². The molecule has 2 aromatic carbocycles. The average molecular weight is 458 g/mol. The Kier molecular flexibility index (Phi) is 2.65. The van der Waals surface area contributed by atoms with Gasteiger partial charge in [0.25, 0.3) is 0 Å². The number of fused-ring (bicyclic) bond motifs is 6. The molecule has 0 spiro atoms. The summed E-state index contributed by atoms with van der Waals surface area (Å²) in [6, 6.07) is 14.4. The minimum absolute atomic E-state index is 0.112. The highest BCUT2D eigenvalue weighted by Gasteiger charge is 2.37. The molecule has 170 valence electrons. The van der Waals surface area contributed by atoms with Crippen molar-refractivity contribution in [1.29, 1.82) is 0 Å². The SMILES string of the molecule is [2H]C([2H])([2H])c1cc(-c2c(C)ccc3c2oc2nc4c(cc23)C(C)(C([2H])([2H])[2H])c2ccccc2-4)[n+](C)cc1C([2H])(C)C([2H])([2H])[2H]. The van der Waals surface area contributed by atoms with Gasteiger partial charge in [-0.15, -0.1) is 0 Å². The lowest BCUT2D eigenvalue weighted by Gasteiger charge is -2.20. The average Bonchev–Trinajstić information content (AvgIpc) is 3.39.